The van der Waals surface area contributed by atoms with E-state index in [1.54, 1.807) is 14.0 Å². The molecule has 0 saturated heterocycles. The predicted molar refractivity (Wildman–Crippen MR) is 74.1 cm³/mol. The molecule has 98 valence electrons. The van der Waals surface area contributed by atoms with Gasteiger partial charge in [-0.3, -0.25) is 0 Å². The van der Waals surface area contributed by atoms with Gasteiger partial charge < -0.3 is 9.15 Å². The van der Waals surface area contributed by atoms with Crippen LogP contribution in [0.3, 0.4) is 0 Å². The Morgan fingerprint density at radius 3 is 2.33 bits per heavy atom. The largest absolute Gasteiger partial charge is 0.496 e. The SMILES string of the molecule is C/C=C(C)\C=C(/C)c1oc(=O)c(C)c(OC)c1C. The Morgan fingerprint density at radius 1 is 1.22 bits per heavy atom. The van der Waals surface area contributed by atoms with Gasteiger partial charge in [-0.05, 0) is 40.2 Å². The second-order valence-corrected chi connectivity index (χ2v) is 4.36. The zero-order chi connectivity index (χ0) is 13.9. The third-order valence-corrected chi connectivity index (χ3v) is 2.98. The lowest BCUT2D eigenvalue weighted by atomic mass is 10.1. The van der Waals surface area contributed by atoms with Crippen LogP contribution >= 0.6 is 0 Å². The van der Waals surface area contributed by atoms with Crippen molar-refractivity contribution < 1.29 is 9.15 Å². The van der Waals surface area contributed by atoms with E-state index in [4.69, 9.17) is 9.15 Å². The number of hydrogen-bond acceptors (Lipinski definition) is 3. The number of methoxy groups -OCH3 is 1. The molecule has 0 spiro atoms. The highest BCUT2D eigenvalue weighted by Gasteiger charge is 2.15. The van der Waals surface area contributed by atoms with Crippen LogP contribution in [0.4, 0.5) is 0 Å². The molecular formula is C15H20O3. The summed E-state index contributed by atoms with van der Waals surface area (Å²) in [6, 6.07) is 0. The molecule has 0 aliphatic carbocycles. The molecular weight excluding hydrogens is 228 g/mol. The Morgan fingerprint density at radius 2 is 1.83 bits per heavy atom. The van der Waals surface area contributed by atoms with Gasteiger partial charge in [-0.1, -0.05) is 17.7 Å². The molecule has 0 amide bonds. The zero-order valence-electron chi connectivity index (χ0n) is 11.9. The van der Waals surface area contributed by atoms with E-state index in [-0.39, 0.29) is 5.63 Å². The van der Waals surface area contributed by atoms with Crippen molar-refractivity contribution >= 4 is 5.57 Å². The Labute approximate surface area is 108 Å². The molecule has 0 aliphatic rings. The maximum Gasteiger partial charge on any atom is 0.342 e. The minimum Gasteiger partial charge on any atom is -0.496 e. The van der Waals surface area contributed by atoms with Crippen LogP contribution in [0.1, 0.15) is 37.7 Å². The van der Waals surface area contributed by atoms with Gasteiger partial charge in [0.25, 0.3) is 0 Å². The summed E-state index contributed by atoms with van der Waals surface area (Å²) in [4.78, 5) is 11.7. The van der Waals surface area contributed by atoms with E-state index in [2.05, 4.69) is 0 Å². The van der Waals surface area contributed by atoms with Crippen LogP contribution in [0.15, 0.2) is 26.9 Å². The van der Waals surface area contributed by atoms with Gasteiger partial charge in [0.05, 0.1) is 12.7 Å². The summed E-state index contributed by atoms with van der Waals surface area (Å²) in [6.45, 7) is 9.50. The highest BCUT2D eigenvalue weighted by molar-refractivity contribution is 5.66. The van der Waals surface area contributed by atoms with Crippen molar-refractivity contribution in [3.63, 3.8) is 0 Å². The summed E-state index contributed by atoms with van der Waals surface area (Å²) in [7, 11) is 1.56. The minimum atomic E-state index is -0.349. The molecule has 0 aromatic carbocycles. The summed E-state index contributed by atoms with van der Waals surface area (Å²) in [6.07, 6.45) is 3.99. The lowest BCUT2D eigenvalue weighted by Crippen LogP contribution is -2.09. The molecule has 3 nitrogen and oxygen atoms in total. The first-order valence-electron chi connectivity index (χ1n) is 5.92. The van der Waals surface area contributed by atoms with Crippen LogP contribution in [0.5, 0.6) is 5.75 Å². The average molecular weight is 248 g/mol. The van der Waals surface area contributed by atoms with Crippen LogP contribution in [-0.2, 0) is 0 Å². The highest BCUT2D eigenvalue weighted by Crippen LogP contribution is 2.28. The zero-order valence-corrected chi connectivity index (χ0v) is 11.9. The summed E-state index contributed by atoms with van der Waals surface area (Å²) < 4.78 is 10.6. The van der Waals surface area contributed by atoms with Crippen LogP contribution in [0.2, 0.25) is 0 Å². The van der Waals surface area contributed by atoms with E-state index < -0.39 is 0 Å². The Bertz CT molecular complexity index is 560. The van der Waals surface area contributed by atoms with Gasteiger partial charge >= 0.3 is 5.63 Å². The number of hydrogen-bond donors (Lipinski definition) is 0. The molecule has 18 heavy (non-hydrogen) atoms. The Hall–Kier alpha value is -1.77. The Balaban J connectivity index is 3.48. The number of allylic oxidation sites excluding steroid dienone is 4. The maximum absolute atomic E-state index is 11.7. The quantitative estimate of drug-likeness (QED) is 0.767. The molecule has 1 aromatic rings. The van der Waals surface area contributed by atoms with Crippen molar-refractivity contribution in [3.8, 4) is 5.75 Å². The monoisotopic (exact) mass is 248 g/mol. The van der Waals surface area contributed by atoms with Gasteiger partial charge in [-0.15, -0.1) is 0 Å². The average Bonchev–Trinajstić information content (AvgIpc) is 2.34. The summed E-state index contributed by atoms with van der Waals surface area (Å²) >= 11 is 0. The molecule has 0 fully saturated rings. The molecule has 0 saturated carbocycles. The smallest absolute Gasteiger partial charge is 0.342 e. The highest BCUT2D eigenvalue weighted by atomic mass is 16.5. The van der Waals surface area contributed by atoms with Gasteiger partial charge in [0.2, 0.25) is 0 Å². The van der Waals surface area contributed by atoms with Crippen LogP contribution in [-0.4, -0.2) is 7.11 Å². The van der Waals surface area contributed by atoms with Crippen molar-refractivity contribution in [2.45, 2.75) is 34.6 Å². The molecule has 0 atom stereocenters. The molecule has 0 aliphatic heterocycles. The van der Waals surface area contributed by atoms with Crippen molar-refractivity contribution in [1.82, 2.24) is 0 Å². The van der Waals surface area contributed by atoms with Crippen molar-refractivity contribution in [1.29, 1.82) is 0 Å². The molecule has 0 N–H and O–H groups in total. The summed E-state index contributed by atoms with van der Waals surface area (Å²) in [5.74, 6) is 1.19. The second kappa shape index (κ2) is 5.71. The number of ether oxygens (including phenoxy) is 1. The van der Waals surface area contributed by atoms with Gasteiger partial charge in [0.15, 0.2) is 0 Å². The van der Waals surface area contributed by atoms with Crippen molar-refractivity contribution in [2.75, 3.05) is 7.11 Å². The predicted octanol–water partition coefficient (Wildman–Crippen LogP) is 3.63. The standard InChI is InChI=1S/C15H20O3/c1-7-9(2)8-10(3)13-11(4)14(17-6)12(5)15(16)18-13/h7-8H,1-6H3/b9-7-,10-8+. The normalized spacial score (nSPS) is 12.8. The lowest BCUT2D eigenvalue weighted by molar-refractivity contribution is 0.390. The lowest BCUT2D eigenvalue weighted by Gasteiger charge is -2.11. The van der Waals surface area contributed by atoms with E-state index in [1.165, 1.54) is 0 Å². The van der Waals surface area contributed by atoms with Crippen LogP contribution in [0.25, 0.3) is 5.57 Å². The number of rotatable bonds is 3. The molecule has 1 rings (SSSR count). The second-order valence-electron chi connectivity index (χ2n) is 4.36. The van der Waals surface area contributed by atoms with Crippen LogP contribution < -0.4 is 10.4 Å². The van der Waals surface area contributed by atoms with E-state index in [0.717, 1.165) is 16.7 Å². The minimum absolute atomic E-state index is 0.349. The van der Waals surface area contributed by atoms with Crippen LogP contribution in [0, 0.1) is 13.8 Å². The van der Waals surface area contributed by atoms with Gasteiger partial charge in [-0.25, -0.2) is 4.79 Å². The van der Waals surface area contributed by atoms with E-state index in [9.17, 15) is 4.79 Å². The fraction of sp³-hybridized carbons (Fsp3) is 0.400. The molecule has 0 bridgehead atoms. The molecule has 0 radical (unpaired) electrons. The molecule has 0 unspecified atom stereocenters. The first-order valence-corrected chi connectivity index (χ1v) is 5.92. The third-order valence-electron chi connectivity index (χ3n) is 2.98. The van der Waals surface area contributed by atoms with Crippen molar-refractivity contribution in [3.05, 3.63) is 45.0 Å². The van der Waals surface area contributed by atoms with E-state index in [0.29, 0.717) is 17.1 Å². The van der Waals surface area contributed by atoms with E-state index in [1.807, 2.05) is 39.8 Å². The molecule has 3 heteroatoms. The van der Waals surface area contributed by atoms with Gasteiger partial charge in [0, 0.05) is 5.56 Å². The Kier molecular flexibility index (Phi) is 4.54. The topological polar surface area (TPSA) is 39.4 Å². The third kappa shape index (κ3) is 2.73. The molecule has 1 heterocycles. The van der Waals surface area contributed by atoms with E-state index >= 15 is 0 Å². The van der Waals surface area contributed by atoms with Crippen molar-refractivity contribution in [2.24, 2.45) is 0 Å². The maximum atomic E-state index is 11.7. The first-order chi connectivity index (χ1) is 8.42. The fourth-order valence-corrected chi connectivity index (χ4v) is 1.90. The van der Waals surface area contributed by atoms with Gasteiger partial charge in [0.1, 0.15) is 11.5 Å². The molecule has 1 aromatic heterocycles. The summed E-state index contributed by atoms with van der Waals surface area (Å²) in [5, 5.41) is 0. The van der Waals surface area contributed by atoms with Gasteiger partial charge in [-0.2, -0.15) is 0 Å². The fourth-order valence-electron chi connectivity index (χ4n) is 1.90. The summed E-state index contributed by atoms with van der Waals surface area (Å²) in [5.41, 5.74) is 3.05. The first kappa shape index (κ1) is 14.3.